The summed E-state index contributed by atoms with van der Waals surface area (Å²) < 4.78 is 28.6. The van der Waals surface area contributed by atoms with Crippen molar-refractivity contribution in [3.8, 4) is 0 Å². The Bertz CT molecular complexity index is 995. The van der Waals surface area contributed by atoms with E-state index in [4.69, 9.17) is 0 Å². The maximum absolute atomic E-state index is 13.1. The number of sulfonamides is 1. The van der Waals surface area contributed by atoms with Crippen LogP contribution in [-0.2, 0) is 27.7 Å². The lowest BCUT2D eigenvalue weighted by Crippen LogP contribution is -2.51. The van der Waals surface area contributed by atoms with Gasteiger partial charge in [0.1, 0.15) is 0 Å². The molecule has 1 aliphatic carbocycles. The van der Waals surface area contributed by atoms with Gasteiger partial charge in [-0.1, -0.05) is 17.8 Å². The van der Waals surface area contributed by atoms with E-state index in [0.29, 0.717) is 36.8 Å². The predicted molar refractivity (Wildman–Crippen MR) is 116 cm³/mol. The monoisotopic (exact) mass is 451 g/mol. The van der Waals surface area contributed by atoms with Crippen LogP contribution >= 0.6 is 23.1 Å². The molecule has 1 aliphatic heterocycles. The minimum absolute atomic E-state index is 0.0358. The number of benzene rings is 1. The van der Waals surface area contributed by atoms with Gasteiger partial charge in [-0.25, -0.2) is 13.4 Å². The Kier molecular flexibility index (Phi) is 6.29. The Hall–Kier alpha value is -1.42. The van der Waals surface area contributed by atoms with Crippen molar-refractivity contribution in [2.24, 2.45) is 0 Å². The maximum Gasteiger partial charge on any atom is 0.243 e. The number of amides is 1. The minimum atomic E-state index is -3.52. The summed E-state index contributed by atoms with van der Waals surface area (Å²) in [6.45, 7) is 3.48. The average molecular weight is 452 g/mol. The molecule has 29 heavy (non-hydrogen) atoms. The summed E-state index contributed by atoms with van der Waals surface area (Å²) in [6, 6.07) is 5.57. The van der Waals surface area contributed by atoms with Gasteiger partial charge in [-0.2, -0.15) is 4.31 Å². The van der Waals surface area contributed by atoms with Gasteiger partial charge in [0, 0.05) is 37.3 Å². The number of nitrogens with zero attached hydrogens (tertiary/aromatic N) is 3. The molecule has 2 aliphatic rings. The standard InChI is InChI=1S/C20H25N3O3S3/c1-15-13-27-20(21-15)28-14-19(24)22-8-10-23(11-9-22)29(25,26)18-7-6-16-4-2-3-5-17(16)12-18/h6-7,12-13H,2-5,8-11,14H2,1H3. The molecule has 1 amide bonds. The number of carbonyl (C=O) groups is 1. The van der Waals surface area contributed by atoms with E-state index in [1.54, 1.807) is 22.3 Å². The number of rotatable bonds is 5. The number of hydrogen-bond donors (Lipinski definition) is 0. The third kappa shape index (κ3) is 4.68. The molecule has 1 aromatic carbocycles. The number of thioether (sulfide) groups is 1. The molecule has 1 saturated heterocycles. The average Bonchev–Trinajstić information content (AvgIpc) is 3.17. The third-order valence-corrected chi connectivity index (χ3v) is 9.48. The Labute approximate surface area is 180 Å². The first-order valence-corrected chi connectivity index (χ1v) is 13.2. The van der Waals surface area contributed by atoms with Crippen LogP contribution in [0.25, 0.3) is 0 Å². The smallest absolute Gasteiger partial charge is 0.243 e. The summed E-state index contributed by atoms with van der Waals surface area (Å²) in [7, 11) is -3.52. The Balaban J connectivity index is 1.35. The van der Waals surface area contributed by atoms with Gasteiger partial charge >= 0.3 is 0 Å². The highest BCUT2D eigenvalue weighted by Gasteiger charge is 2.30. The Morgan fingerprint density at radius 2 is 1.86 bits per heavy atom. The Morgan fingerprint density at radius 3 is 2.55 bits per heavy atom. The molecule has 156 valence electrons. The molecule has 0 unspecified atom stereocenters. The van der Waals surface area contributed by atoms with Crippen molar-refractivity contribution in [2.75, 3.05) is 31.9 Å². The maximum atomic E-state index is 13.1. The predicted octanol–water partition coefficient (Wildman–Crippen LogP) is 2.96. The van der Waals surface area contributed by atoms with E-state index in [1.165, 1.54) is 33.6 Å². The van der Waals surface area contributed by atoms with E-state index in [9.17, 15) is 13.2 Å². The summed E-state index contributed by atoms with van der Waals surface area (Å²) >= 11 is 2.99. The molecule has 2 aromatic rings. The quantitative estimate of drug-likeness (QED) is 0.654. The van der Waals surface area contributed by atoms with E-state index in [-0.39, 0.29) is 5.91 Å². The second kappa shape index (κ2) is 8.75. The van der Waals surface area contributed by atoms with Gasteiger partial charge < -0.3 is 4.90 Å². The Morgan fingerprint density at radius 1 is 1.14 bits per heavy atom. The van der Waals surface area contributed by atoms with Crippen LogP contribution in [-0.4, -0.2) is 60.4 Å². The van der Waals surface area contributed by atoms with Crippen LogP contribution in [0.1, 0.15) is 29.7 Å². The molecule has 0 atom stereocenters. The van der Waals surface area contributed by atoms with E-state index in [2.05, 4.69) is 4.98 Å². The first-order valence-electron chi connectivity index (χ1n) is 9.88. The van der Waals surface area contributed by atoms with Gasteiger partial charge in [0.25, 0.3) is 0 Å². The normalized spacial score (nSPS) is 17.9. The van der Waals surface area contributed by atoms with Crippen molar-refractivity contribution in [3.05, 3.63) is 40.4 Å². The first-order chi connectivity index (χ1) is 13.9. The zero-order valence-electron chi connectivity index (χ0n) is 16.5. The van der Waals surface area contributed by atoms with E-state index < -0.39 is 10.0 Å². The fourth-order valence-electron chi connectivity index (χ4n) is 3.81. The van der Waals surface area contributed by atoms with Crippen LogP contribution in [0.2, 0.25) is 0 Å². The third-order valence-electron chi connectivity index (χ3n) is 5.47. The summed E-state index contributed by atoms with van der Waals surface area (Å²) in [6.07, 6.45) is 4.29. The molecule has 4 rings (SSSR count). The van der Waals surface area contributed by atoms with Gasteiger partial charge in [-0.05, 0) is 55.9 Å². The molecule has 1 aromatic heterocycles. The van der Waals surface area contributed by atoms with Gasteiger partial charge in [-0.3, -0.25) is 4.79 Å². The lowest BCUT2D eigenvalue weighted by Gasteiger charge is -2.34. The largest absolute Gasteiger partial charge is 0.339 e. The van der Waals surface area contributed by atoms with Crippen LogP contribution in [0, 0.1) is 6.92 Å². The highest BCUT2D eigenvalue weighted by atomic mass is 32.2. The van der Waals surface area contributed by atoms with Crippen LogP contribution in [0.15, 0.2) is 32.8 Å². The lowest BCUT2D eigenvalue weighted by atomic mass is 9.92. The van der Waals surface area contributed by atoms with Crippen molar-refractivity contribution < 1.29 is 13.2 Å². The number of piperazine rings is 1. The molecule has 0 spiro atoms. The lowest BCUT2D eigenvalue weighted by molar-refractivity contribution is -0.129. The second-order valence-electron chi connectivity index (χ2n) is 7.47. The minimum Gasteiger partial charge on any atom is -0.339 e. The molecular formula is C20H25N3O3S3. The van der Waals surface area contributed by atoms with E-state index in [1.807, 2.05) is 24.4 Å². The fraction of sp³-hybridized carbons (Fsp3) is 0.500. The van der Waals surface area contributed by atoms with Gasteiger partial charge in [0.2, 0.25) is 15.9 Å². The van der Waals surface area contributed by atoms with Crippen LogP contribution in [0.3, 0.4) is 0 Å². The van der Waals surface area contributed by atoms with Gasteiger partial charge in [0.05, 0.1) is 10.6 Å². The zero-order valence-corrected chi connectivity index (χ0v) is 18.9. The van der Waals surface area contributed by atoms with Gasteiger partial charge in [0.15, 0.2) is 4.34 Å². The zero-order chi connectivity index (χ0) is 20.4. The summed E-state index contributed by atoms with van der Waals surface area (Å²) in [4.78, 5) is 19.0. The highest BCUT2D eigenvalue weighted by molar-refractivity contribution is 8.01. The summed E-state index contributed by atoms with van der Waals surface area (Å²) in [5.74, 6) is 0.374. The SMILES string of the molecule is Cc1csc(SCC(=O)N2CCN(S(=O)(=O)c3ccc4c(c3)CCCC4)CC2)n1. The molecule has 0 saturated carbocycles. The highest BCUT2D eigenvalue weighted by Crippen LogP contribution is 2.27. The van der Waals surface area contributed by atoms with E-state index >= 15 is 0 Å². The van der Waals surface area contributed by atoms with Crippen LogP contribution in [0.4, 0.5) is 0 Å². The molecule has 0 N–H and O–H groups in total. The molecular weight excluding hydrogens is 426 g/mol. The second-order valence-corrected chi connectivity index (χ2v) is 11.5. The van der Waals surface area contributed by atoms with Crippen molar-refractivity contribution in [2.45, 2.75) is 41.8 Å². The van der Waals surface area contributed by atoms with Gasteiger partial charge in [-0.15, -0.1) is 11.3 Å². The molecule has 2 heterocycles. The number of hydrogen-bond acceptors (Lipinski definition) is 6. The van der Waals surface area contributed by atoms with Crippen LogP contribution < -0.4 is 0 Å². The van der Waals surface area contributed by atoms with Crippen molar-refractivity contribution in [3.63, 3.8) is 0 Å². The topological polar surface area (TPSA) is 70.6 Å². The van der Waals surface area contributed by atoms with Crippen molar-refractivity contribution >= 4 is 39.0 Å². The fourth-order valence-corrected chi connectivity index (χ4v) is 7.04. The van der Waals surface area contributed by atoms with E-state index in [0.717, 1.165) is 29.3 Å². The molecule has 6 nitrogen and oxygen atoms in total. The van der Waals surface area contributed by atoms with Crippen molar-refractivity contribution in [1.29, 1.82) is 0 Å². The van der Waals surface area contributed by atoms with Crippen molar-refractivity contribution in [1.82, 2.24) is 14.2 Å². The number of aryl methyl sites for hydroxylation is 3. The number of aromatic nitrogens is 1. The van der Waals surface area contributed by atoms with Crippen LogP contribution in [0.5, 0.6) is 0 Å². The molecule has 0 bridgehead atoms. The molecule has 0 radical (unpaired) electrons. The first kappa shape index (κ1) is 20.8. The number of carbonyl (C=O) groups excluding carboxylic acids is 1. The summed E-state index contributed by atoms with van der Waals surface area (Å²) in [5, 5.41) is 1.97. The number of thiazole rings is 1. The molecule has 9 heteroatoms. The summed E-state index contributed by atoms with van der Waals surface area (Å²) in [5.41, 5.74) is 3.41. The number of fused-ring (bicyclic) bond motifs is 1. The molecule has 1 fully saturated rings.